The van der Waals surface area contributed by atoms with Gasteiger partial charge in [-0.2, -0.15) is 12.7 Å². The molecule has 0 radical (unpaired) electrons. The minimum absolute atomic E-state index is 0.0575. The lowest BCUT2D eigenvalue weighted by molar-refractivity contribution is -0.139. The molecule has 2 amide bonds. The SMILES string of the molecule is CC(C)NC(=O)[C@@H](C)N(Cc1ccc(Cl)cc1)C(=O)CN(c1ccc(F)cc1)S(=O)(=O)N(C)C. The Labute approximate surface area is 205 Å². The molecule has 0 bridgehead atoms. The van der Waals surface area contributed by atoms with Crippen LogP contribution in [-0.4, -0.2) is 62.2 Å². The number of nitrogens with zero attached hydrogens (tertiary/aromatic N) is 3. The van der Waals surface area contributed by atoms with Crippen molar-refractivity contribution in [2.75, 3.05) is 24.9 Å². The molecule has 0 aromatic heterocycles. The van der Waals surface area contributed by atoms with Gasteiger partial charge in [-0.05, 0) is 62.7 Å². The van der Waals surface area contributed by atoms with Gasteiger partial charge in [0.05, 0.1) is 5.69 Å². The summed E-state index contributed by atoms with van der Waals surface area (Å²) in [6.07, 6.45) is 0. The third-order valence-corrected chi connectivity index (χ3v) is 7.07. The van der Waals surface area contributed by atoms with Crippen LogP contribution in [0.3, 0.4) is 0 Å². The molecule has 0 aliphatic heterocycles. The van der Waals surface area contributed by atoms with Gasteiger partial charge in [-0.15, -0.1) is 0 Å². The van der Waals surface area contributed by atoms with E-state index in [9.17, 15) is 22.4 Å². The van der Waals surface area contributed by atoms with E-state index in [4.69, 9.17) is 11.6 Å². The molecule has 8 nitrogen and oxygen atoms in total. The number of amides is 2. The third-order valence-electron chi connectivity index (χ3n) is 5.00. The summed E-state index contributed by atoms with van der Waals surface area (Å²) in [6.45, 7) is 4.65. The Hall–Kier alpha value is -2.69. The van der Waals surface area contributed by atoms with Crippen molar-refractivity contribution in [2.45, 2.75) is 39.4 Å². The minimum Gasteiger partial charge on any atom is -0.352 e. The summed E-state index contributed by atoms with van der Waals surface area (Å²) >= 11 is 5.96. The first-order valence-corrected chi connectivity index (χ1v) is 12.4. The maximum atomic E-state index is 13.5. The third kappa shape index (κ3) is 7.15. The van der Waals surface area contributed by atoms with Crippen molar-refractivity contribution in [1.29, 1.82) is 0 Å². The van der Waals surface area contributed by atoms with Gasteiger partial charge in [0.1, 0.15) is 18.4 Å². The van der Waals surface area contributed by atoms with Crippen LogP contribution in [0.4, 0.5) is 10.1 Å². The van der Waals surface area contributed by atoms with Crippen LogP contribution < -0.4 is 9.62 Å². The van der Waals surface area contributed by atoms with Gasteiger partial charge in [-0.1, -0.05) is 23.7 Å². The quantitative estimate of drug-likeness (QED) is 0.530. The number of carbonyl (C=O) groups is 2. The molecule has 0 heterocycles. The molecule has 1 atom stereocenters. The number of benzene rings is 2. The van der Waals surface area contributed by atoms with E-state index in [0.29, 0.717) is 10.6 Å². The van der Waals surface area contributed by atoms with Crippen LogP contribution in [0.5, 0.6) is 0 Å². The number of nitrogens with one attached hydrogen (secondary N) is 1. The number of rotatable bonds is 10. The van der Waals surface area contributed by atoms with Crippen LogP contribution in [0.25, 0.3) is 0 Å². The van der Waals surface area contributed by atoms with Crippen molar-refractivity contribution in [3.05, 3.63) is 64.9 Å². The predicted octanol–water partition coefficient (Wildman–Crippen LogP) is 3.03. The van der Waals surface area contributed by atoms with Crippen LogP contribution in [0.15, 0.2) is 48.5 Å². The van der Waals surface area contributed by atoms with Gasteiger partial charge in [-0.3, -0.25) is 9.59 Å². The van der Waals surface area contributed by atoms with Crippen LogP contribution >= 0.6 is 11.6 Å². The van der Waals surface area contributed by atoms with Crippen molar-refractivity contribution in [3.8, 4) is 0 Å². The zero-order valence-corrected chi connectivity index (χ0v) is 21.4. The molecule has 0 aliphatic carbocycles. The van der Waals surface area contributed by atoms with E-state index in [-0.39, 0.29) is 24.2 Å². The molecule has 11 heteroatoms. The Morgan fingerprint density at radius 1 is 1.00 bits per heavy atom. The Morgan fingerprint density at radius 3 is 2.06 bits per heavy atom. The van der Waals surface area contributed by atoms with Gasteiger partial charge in [0.25, 0.3) is 0 Å². The highest BCUT2D eigenvalue weighted by Gasteiger charge is 2.32. The Kier molecular flexibility index (Phi) is 9.43. The van der Waals surface area contributed by atoms with Crippen molar-refractivity contribution >= 4 is 39.3 Å². The number of hydrogen-bond acceptors (Lipinski definition) is 4. The van der Waals surface area contributed by atoms with Crippen LogP contribution in [0.2, 0.25) is 5.02 Å². The first-order chi connectivity index (χ1) is 15.8. The van der Waals surface area contributed by atoms with Crippen molar-refractivity contribution in [2.24, 2.45) is 0 Å². The van der Waals surface area contributed by atoms with Crippen molar-refractivity contribution < 1.29 is 22.4 Å². The van der Waals surface area contributed by atoms with E-state index >= 15 is 0 Å². The van der Waals surface area contributed by atoms with E-state index in [1.165, 1.54) is 31.1 Å². The minimum atomic E-state index is -4.10. The molecular formula is C23H30ClFN4O4S. The van der Waals surface area contributed by atoms with Gasteiger partial charge < -0.3 is 10.2 Å². The molecule has 2 aromatic carbocycles. The van der Waals surface area contributed by atoms with Gasteiger partial charge in [-0.25, -0.2) is 8.70 Å². The summed E-state index contributed by atoms with van der Waals surface area (Å²) in [5.41, 5.74) is 0.833. The smallest absolute Gasteiger partial charge is 0.304 e. The topological polar surface area (TPSA) is 90.0 Å². The Morgan fingerprint density at radius 2 is 1.56 bits per heavy atom. The number of carbonyl (C=O) groups excluding carboxylic acids is 2. The molecule has 0 unspecified atom stereocenters. The van der Waals surface area contributed by atoms with Gasteiger partial charge in [0.15, 0.2) is 0 Å². The molecule has 34 heavy (non-hydrogen) atoms. The first-order valence-electron chi connectivity index (χ1n) is 10.6. The molecule has 2 rings (SSSR count). The van der Waals surface area contributed by atoms with E-state index in [1.54, 1.807) is 45.0 Å². The average molecular weight is 513 g/mol. The summed E-state index contributed by atoms with van der Waals surface area (Å²) in [5, 5.41) is 3.30. The normalized spacial score (nSPS) is 12.5. The standard InChI is InChI=1S/C23H30ClFN4O4S/c1-16(2)26-23(31)17(3)28(14-18-6-8-19(24)9-7-18)22(30)15-29(34(32,33)27(4)5)21-12-10-20(25)11-13-21/h6-13,16-17H,14-15H2,1-5H3,(H,26,31)/t17-/m1/s1. The highest BCUT2D eigenvalue weighted by molar-refractivity contribution is 7.90. The summed E-state index contributed by atoms with van der Waals surface area (Å²) in [4.78, 5) is 27.5. The first kappa shape index (κ1) is 27.6. The second-order valence-electron chi connectivity index (χ2n) is 8.26. The highest BCUT2D eigenvalue weighted by Crippen LogP contribution is 2.21. The maximum Gasteiger partial charge on any atom is 0.304 e. The zero-order valence-electron chi connectivity index (χ0n) is 19.8. The second-order valence-corrected chi connectivity index (χ2v) is 10.8. The van der Waals surface area contributed by atoms with Gasteiger partial charge >= 0.3 is 10.2 Å². The van der Waals surface area contributed by atoms with E-state index in [1.807, 2.05) is 0 Å². The fraction of sp³-hybridized carbons (Fsp3) is 0.391. The molecule has 0 fully saturated rings. The van der Waals surface area contributed by atoms with Gasteiger partial charge in [0.2, 0.25) is 11.8 Å². The lowest BCUT2D eigenvalue weighted by Crippen LogP contribution is -2.53. The molecule has 0 saturated carbocycles. The molecule has 186 valence electrons. The van der Waals surface area contributed by atoms with Crippen LogP contribution in [-0.2, 0) is 26.3 Å². The van der Waals surface area contributed by atoms with E-state index in [2.05, 4.69) is 5.32 Å². The largest absolute Gasteiger partial charge is 0.352 e. The molecule has 0 aliphatic rings. The summed E-state index contributed by atoms with van der Waals surface area (Å²) < 4.78 is 41.3. The van der Waals surface area contributed by atoms with E-state index in [0.717, 1.165) is 20.7 Å². The molecule has 0 saturated heterocycles. The number of anilines is 1. The predicted molar refractivity (Wildman–Crippen MR) is 131 cm³/mol. The van der Waals surface area contributed by atoms with Crippen LogP contribution in [0.1, 0.15) is 26.3 Å². The maximum absolute atomic E-state index is 13.5. The lowest BCUT2D eigenvalue weighted by atomic mass is 10.1. The number of hydrogen-bond donors (Lipinski definition) is 1. The second kappa shape index (κ2) is 11.6. The van der Waals surface area contributed by atoms with Crippen LogP contribution in [0, 0.1) is 5.82 Å². The Bertz CT molecular complexity index is 1090. The monoisotopic (exact) mass is 512 g/mol. The fourth-order valence-electron chi connectivity index (χ4n) is 3.10. The van der Waals surface area contributed by atoms with Gasteiger partial charge in [0, 0.05) is 31.7 Å². The van der Waals surface area contributed by atoms with Crippen molar-refractivity contribution in [3.63, 3.8) is 0 Å². The summed E-state index contributed by atoms with van der Waals surface area (Å²) in [7, 11) is -1.43. The molecule has 0 spiro atoms. The average Bonchev–Trinajstić information content (AvgIpc) is 2.76. The molecule has 1 N–H and O–H groups in total. The van der Waals surface area contributed by atoms with E-state index < -0.39 is 34.5 Å². The summed E-state index contributed by atoms with van der Waals surface area (Å²) in [5.74, 6) is -1.52. The molecule has 2 aromatic rings. The zero-order chi connectivity index (χ0) is 25.6. The van der Waals surface area contributed by atoms with Crippen molar-refractivity contribution in [1.82, 2.24) is 14.5 Å². The highest BCUT2D eigenvalue weighted by atomic mass is 35.5. The fourth-order valence-corrected chi connectivity index (χ4v) is 4.28. The summed E-state index contributed by atoms with van der Waals surface area (Å²) in [6, 6.07) is 10.5. The molecular weight excluding hydrogens is 483 g/mol. The lowest BCUT2D eigenvalue weighted by Gasteiger charge is -2.33. The number of halogens is 2. The Balaban J connectivity index is 2.43.